The van der Waals surface area contributed by atoms with Crippen molar-refractivity contribution in [3.63, 3.8) is 0 Å². The number of methoxy groups -OCH3 is 1. The number of amides is 1. The molecule has 3 aromatic rings. The molecule has 1 heterocycles. The molecule has 1 amide bonds. The Kier molecular flexibility index (Phi) is 6.24. The predicted molar refractivity (Wildman–Crippen MR) is 110 cm³/mol. The molecule has 0 fully saturated rings. The molecule has 2 aromatic carbocycles. The summed E-state index contributed by atoms with van der Waals surface area (Å²) < 4.78 is 5.15. The summed E-state index contributed by atoms with van der Waals surface area (Å²) in [7, 11) is 1.65. The molecular formula is C22H24N2O2S. The first kappa shape index (κ1) is 19.1. The summed E-state index contributed by atoms with van der Waals surface area (Å²) in [6.45, 7) is 4.61. The van der Waals surface area contributed by atoms with Crippen molar-refractivity contribution in [3.05, 3.63) is 70.2 Å². The molecular weight excluding hydrogens is 356 g/mol. The lowest BCUT2D eigenvalue weighted by Crippen LogP contribution is -2.22. The number of rotatable bonds is 7. The number of carbonyl (C=O) groups excluding carboxylic acids is 1. The third-order valence-electron chi connectivity index (χ3n) is 4.51. The minimum absolute atomic E-state index is 0.0519. The van der Waals surface area contributed by atoms with Crippen LogP contribution < -0.4 is 10.1 Å². The van der Waals surface area contributed by atoms with Crippen molar-refractivity contribution in [1.82, 2.24) is 10.3 Å². The molecule has 140 valence electrons. The molecule has 0 saturated carbocycles. The van der Waals surface area contributed by atoms with Gasteiger partial charge in [-0.3, -0.25) is 4.79 Å². The first-order valence-electron chi connectivity index (χ1n) is 8.98. The van der Waals surface area contributed by atoms with E-state index in [0.29, 0.717) is 19.4 Å². The third-order valence-corrected chi connectivity index (χ3v) is 5.70. The molecule has 1 N–H and O–H groups in total. The normalized spacial score (nSPS) is 10.6. The van der Waals surface area contributed by atoms with Gasteiger partial charge in [0.15, 0.2) is 0 Å². The van der Waals surface area contributed by atoms with E-state index in [1.807, 2.05) is 43.3 Å². The van der Waals surface area contributed by atoms with Gasteiger partial charge in [0, 0.05) is 16.9 Å². The lowest BCUT2D eigenvalue weighted by Gasteiger charge is -2.05. The second-order valence-electron chi connectivity index (χ2n) is 6.47. The van der Waals surface area contributed by atoms with E-state index in [-0.39, 0.29) is 5.91 Å². The molecule has 1 aromatic heterocycles. The van der Waals surface area contributed by atoms with E-state index in [9.17, 15) is 4.79 Å². The number of aryl methyl sites for hydroxylation is 3. The van der Waals surface area contributed by atoms with E-state index < -0.39 is 0 Å². The van der Waals surface area contributed by atoms with E-state index in [1.165, 1.54) is 5.56 Å². The molecule has 27 heavy (non-hydrogen) atoms. The molecule has 3 rings (SSSR count). The maximum atomic E-state index is 12.2. The van der Waals surface area contributed by atoms with Crippen LogP contribution in [0.2, 0.25) is 0 Å². The van der Waals surface area contributed by atoms with Gasteiger partial charge in [0.1, 0.15) is 10.8 Å². The van der Waals surface area contributed by atoms with Crippen LogP contribution in [0.15, 0.2) is 48.5 Å². The van der Waals surface area contributed by atoms with E-state index >= 15 is 0 Å². The van der Waals surface area contributed by atoms with Crippen LogP contribution in [0, 0.1) is 13.8 Å². The summed E-state index contributed by atoms with van der Waals surface area (Å²) in [5, 5.41) is 4.03. The quantitative estimate of drug-likeness (QED) is 0.647. The average molecular weight is 381 g/mol. The molecule has 0 aliphatic heterocycles. The van der Waals surface area contributed by atoms with Crippen molar-refractivity contribution in [2.24, 2.45) is 0 Å². The zero-order chi connectivity index (χ0) is 19.2. The van der Waals surface area contributed by atoms with E-state index in [2.05, 4.69) is 29.4 Å². The van der Waals surface area contributed by atoms with Crippen LogP contribution >= 0.6 is 11.3 Å². The van der Waals surface area contributed by atoms with Gasteiger partial charge in [-0.1, -0.05) is 36.4 Å². The van der Waals surface area contributed by atoms with Crippen LogP contribution in [0.25, 0.3) is 10.6 Å². The number of carbonyl (C=O) groups is 1. The number of hydrogen-bond donors (Lipinski definition) is 1. The molecule has 0 bridgehead atoms. The van der Waals surface area contributed by atoms with Crippen molar-refractivity contribution in [2.75, 3.05) is 7.11 Å². The highest BCUT2D eigenvalue weighted by Crippen LogP contribution is 2.30. The van der Waals surface area contributed by atoms with Crippen LogP contribution in [0.5, 0.6) is 5.75 Å². The summed E-state index contributed by atoms with van der Waals surface area (Å²) in [5.41, 5.74) is 4.47. The molecule has 0 atom stereocenters. The van der Waals surface area contributed by atoms with E-state index in [0.717, 1.165) is 32.5 Å². The fraction of sp³-hybridized carbons (Fsp3) is 0.273. The first-order valence-corrected chi connectivity index (χ1v) is 9.80. The van der Waals surface area contributed by atoms with Gasteiger partial charge in [-0.2, -0.15) is 0 Å². The number of thiazole rings is 1. The molecule has 0 saturated heterocycles. The Morgan fingerprint density at radius 2 is 1.85 bits per heavy atom. The number of aromatic nitrogens is 1. The van der Waals surface area contributed by atoms with E-state index in [1.54, 1.807) is 18.4 Å². The van der Waals surface area contributed by atoms with Crippen LogP contribution in [0.4, 0.5) is 0 Å². The Bertz CT molecular complexity index is 916. The maximum absolute atomic E-state index is 12.2. The molecule has 0 aliphatic rings. The van der Waals surface area contributed by atoms with Gasteiger partial charge in [-0.05, 0) is 43.5 Å². The van der Waals surface area contributed by atoms with Crippen molar-refractivity contribution in [2.45, 2.75) is 33.2 Å². The average Bonchev–Trinajstić information content (AvgIpc) is 3.06. The van der Waals surface area contributed by atoms with Crippen LogP contribution in [-0.2, 0) is 17.8 Å². The molecule has 5 heteroatoms. The minimum atomic E-state index is 0.0519. The SMILES string of the molecule is COc1ccc(CCC(=O)NCc2sc(-c3ccccc3C)nc2C)cc1. The summed E-state index contributed by atoms with van der Waals surface area (Å²) in [4.78, 5) is 18.0. The van der Waals surface area contributed by atoms with Crippen molar-refractivity contribution in [3.8, 4) is 16.3 Å². The van der Waals surface area contributed by atoms with Crippen molar-refractivity contribution >= 4 is 17.2 Å². The van der Waals surface area contributed by atoms with Crippen LogP contribution in [-0.4, -0.2) is 18.0 Å². The minimum Gasteiger partial charge on any atom is -0.497 e. The highest BCUT2D eigenvalue weighted by Gasteiger charge is 2.12. The Morgan fingerprint density at radius 1 is 1.11 bits per heavy atom. The summed E-state index contributed by atoms with van der Waals surface area (Å²) in [6.07, 6.45) is 1.18. The summed E-state index contributed by atoms with van der Waals surface area (Å²) in [5.74, 6) is 0.879. The maximum Gasteiger partial charge on any atom is 0.220 e. The van der Waals surface area contributed by atoms with Gasteiger partial charge >= 0.3 is 0 Å². The molecule has 0 unspecified atom stereocenters. The number of nitrogens with zero attached hydrogens (tertiary/aromatic N) is 1. The number of ether oxygens (including phenoxy) is 1. The van der Waals surface area contributed by atoms with Gasteiger partial charge in [-0.15, -0.1) is 11.3 Å². The number of hydrogen-bond acceptors (Lipinski definition) is 4. The lowest BCUT2D eigenvalue weighted by atomic mass is 10.1. The number of benzene rings is 2. The summed E-state index contributed by atoms with van der Waals surface area (Å²) in [6, 6.07) is 16.1. The van der Waals surface area contributed by atoms with Crippen molar-refractivity contribution < 1.29 is 9.53 Å². The Labute approximate surface area is 164 Å². The first-order chi connectivity index (χ1) is 13.1. The molecule has 4 nitrogen and oxygen atoms in total. The highest BCUT2D eigenvalue weighted by molar-refractivity contribution is 7.15. The Hall–Kier alpha value is -2.66. The van der Waals surface area contributed by atoms with Gasteiger partial charge in [0.25, 0.3) is 0 Å². The topological polar surface area (TPSA) is 51.2 Å². The van der Waals surface area contributed by atoms with Gasteiger partial charge in [-0.25, -0.2) is 4.98 Å². The highest BCUT2D eigenvalue weighted by atomic mass is 32.1. The summed E-state index contributed by atoms with van der Waals surface area (Å²) >= 11 is 1.65. The largest absolute Gasteiger partial charge is 0.497 e. The lowest BCUT2D eigenvalue weighted by molar-refractivity contribution is -0.121. The standard InChI is InChI=1S/C22H24N2O2S/c1-15-6-4-5-7-19(15)22-24-16(2)20(27-22)14-23-21(25)13-10-17-8-11-18(26-3)12-9-17/h4-9,11-12H,10,13-14H2,1-3H3,(H,23,25). The third kappa shape index (κ3) is 4.95. The van der Waals surface area contributed by atoms with Crippen LogP contribution in [0.1, 0.15) is 28.1 Å². The number of nitrogens with one attached hydrogen (secondary N) is 1. The van der Waals surface area contributed by atoms with Gasteiger partial charge < -0.3 is 10.1 Å². The van der Waals surface area contributed by atoms with Crippen molar-refractivity contribution in [1.29, 1.82) is 0 Å². The second-order valence-corrected chi connectivity index (χ2v) is 7.55. The van der Waals surface area contributed by atoms with E-state index in [4.69, 9.17) is 4.74 Å². The van der Waals surface area contributed by atoms with Crippen LogP contribution in [0.3, 0.4) is 0 Å². The zero-order valence-electron chi connectivity index (χ0n) is 15.9. The molecule has 0 aliphatic carbocycles. The molecule has 0 spiro atoms. The van der Waals surface area contributed by atoms with Gasteiger partial charge in [0.2, 0.25) is 5.91 Å². The monoisotopic (exact) mass is 380 g/mol. The molecule has 0 radical (unpaired) electrons. The Morgan fingerprint density at radius 3 is 2.56 bits per heavy atom. The fourth-order valence-electron chi connectivity index (χ4n) is 2.84. The zero-order valence-corrected chi connectivity index (χ0v) is 16.7. The van der Waals surface area contributed by atoms with Gasteiger partial charge in [0.05, 0.1) is 19.3 Å². The Balaban J connectivity index is 1.55. The smallest absolute Gasteiger partial charge is 0.220 e. The second kappa shape index (κ2) is 8.82. The fourth-order valence-corrected chi connectivity index (χ4v) is 3.93. The predicted octanol–water partition coefficient (Wildman–Crippen LogP) is 4.68.